The summed E-state index contributed by atoms with van der Waals surface area (Å²) in [5.41, 5.74) is 2.78. The molecule has 0 fully saturated rings. The van der Waals surface area contributed by atoms with Crippen molar-refractivity contribution in [1.82, 2.24) is 19.5 Å². The summed E-state index contributed by atoms with van der Waals surface area (Å²) < 4.78 is 2.04. The number of halogens is 1. The average Bonchev–Trinajstić information content (AvgIpc) is 2.67. The van der Waals surface area contributed by atoms with Crippen molar-refractivity contribution in [3.63, 3.8) is 0 Å². The van der Waals surface area contributed by atoms with Crippen LogP contribution in [-0.4, -0.2) is 19.5 Å². The molecule has 0 aromatic carbocycles. The smallest absolute Gasteiger partial charge is 0.162 e. The van der Waals surface area contributed by atoms with Gasteiger partial charge < -0.3 is 4.57 Å². The lowest BCUT2D eigenvalue weighted by Crippen LogP contribution is -2.03. The van der Waals surface area contributed by atoms with Gasteiger partial charge >= 0.3 is 0 Å². The molecule has 0 amide bonds. The first-order chi connectivity index (χ1) is 8.74. The number of hydrogen-bond donors (Lipinski definition) is 0. The summed E-state index contributed by atoms with van der Waals surface area (Å²) in [4.78, 5) is 12.9. The first-order valence-corrected chi connectivity index (χ1v) is 6.00. The molecule has 0 atom stereocenters. The molecule has 5 heteroatoms. The molecule has 0 saturated carbocycles. The van der Waals surface area contributed by atoms with Gasteiger partial charge in [-0.15, -0.1) is 0 Å². The van der Waals surface area contributed by atoms with Crippen LogP contribution >= 0.6 is 11.6 Å². The Hall–Kier alpha value is -1.94. The van der Waals surface area contributed by atoms with Crippen molar-refractivity contribution in [2.24, 2.45) is 0 Å². The SMILES string of the molecule is Cc1nc2ccc(Cl)nc2n1Cc1cccnc1. The topological polar surface area (TPSA) is 43.6 Å². The molecule has 0 bridgehead atoms. The zero-order valence-corrected chi connectivity index (χ0v) is 10.6. The molecule has 0 saturated heterocycles. The number of fused-ring (bicyclic) bond motifs is 1. The predicted octanol–water partition coefficient (Wildman–Crippen LogP) is 2.84. The molecule has 0 unspecified atom stereocenters. The Bertz CT molecular complexity index is 691. The van der Waals surface area contributed by atoms with Crippen LogP contribution in [0.2, 0.25) is 5.15 Å². The summed E-state index contributed by atoms with van der Waals surface area (Å²) in [5, 5.41) is 0.481. The fraction of sp³-hybridized carbons (Fsp3) is 0.154. The number of rotatable bonds is 2. The van der Waals surface area contributed by atoms with E-state index in [-0.39, 0.29) is 0 Å². The van der Waals surface area contributed by atoms with Crippen LogP contribution in [0.25, 0.3) is 11.2 Å². The Kier molecular flexibility index (Phi) is 2.72. The maximum Gasteiger partial charge on any atom is 0.162 e. The highest BCUT2D eigenvalue weighted by Gasteiger charge is 2.09. The lowest BCUT2D eigenvalue weighted by atomic mass is 10.3. The number of imidazole rings is 1. The molecule has 0 aliphatic rings. The van der Waals surface area contributed by atoms with Gasteiger partial charge in [0, 0.05) is 12.4 Å². The van der Waals surface area contributed by atoms with Gasteiger partial charge in [-0.2, -0.15) is 0 Å². The van der Waals surface area contributed by atoms with E-state index in [1.165, 1.54) is 0 Å². The van der Waals surface area contributed by atoms with Crippen LogP contribution < -0.4 is 0 Å². The lowest BCUT2D eigenvalue weighted by molar-refractivity contribution is 0.774. The number of aryl methyl sites for hydroxylation is 1. The van der Waals surface area contributed by atoms with E-state index in [2.05, 4.69) is 15.0 Å². The summed E-state index contributed by atoms with van der Waals surface area (Å²) in [6.45, 7) is 2.66. The van der Waals surface area contributed by atoms with E-state index in [9.17, 15) is 0 Å². The summed E-state index contributed by atoms with van der Waals surface area (Å²) in [7, 11) is 0. The number of hydrogen-bond acceptors (Lipinski definition) is 3. The Balaban J connectivity index is 2.11. The molecular weight excluding hydrogens is 248 g/mol. The zero-order valence-electron chi connectivity index (χ0n) is 9.84. The molecule has 0 aliphatic carbocycles. The van der Waals surface area contributed by atoms with Crippen molar-refractivity contribution >= 4 is 22.8 Å². The largest absolute Gasteiger partial charge is 0.308 e. The molecule has 3 rings (SSSR count). The Morgan fingerprint density at radius 1 is 1.22 bits per heavy atom. The van der Waals surface area contributed by atoms with Gasteiger partial charge in [0.25, 0.3) is 0 Å². The van der Waals surface area contributed by atoms with Gasteiger partial charge in [0.2, 0.25) is 0 Å². The Morgan fingerprint density at radius 2 is 2.11 bits per heavy atom. The van der Waals surface area contributed by atoms with Crippen LogP contribution in [0.5, 0.6) is 0 Å². The van der Waals surface area contributed by atoms with Crippen LogP contribution in [0.1, 0.15) is 11.4 Å². The molecule has 3 aromatic heterocycles. The molecule has 0 N–H and O–H groups in total. The molecule has 18 heavy (non-hydrogen) atoms. The van der Waals surface area contributed by atoms with Crippen molar-refractivity contribution in [1.29, 1.82) is 0 Å². The summed E-state index contributed by atoms with van der Waals surface area (Å²) in [6.07, 6.45) is 3.60. The second kappa shape index (κ2) is 4.38. The Labute approximate surface area is 109 Å². The molecule has 4 nitrogen and oxygen atoms in total. The first kappa shape index (κ1) is 11.2. The van der Waals surface area contributed by atoms with Crippen LogP contribution in [0.15, 0.2) is 36.7 Å². The van der Waals surface area contributed by atoms with Crippen LogP contribution in [-0.2, 0) is 6.54 Å². The summed E-state index contributed by atoms with van der Waals surface area (Å²) in [5.74, 6) is 0.920. The third-order valence-electron chi connectivity index (χ3n) is 2.81. The third kappa shape index (κ3) is 1.95. The second-order valence-corrected chi connectivity index (χ2v) is 4.47. The van der Waals surface area contributed by atoms with E-state index in [4.69, 9.17) is 11.6 Å². The molecule has 3 heterocycles. The fourth-order valence-corrected chi connectivity index (χ4v) is 2.10. The highest BCUT2D eigenvalue weighted by atomic mass is 35.5. The average molecular weight is 259 g/mol. The van der Waals surface area contributed by atoms with E-state index in [1.54, 1.807) is 12.3 Å². The van der Waals surface area contributed by atoms with E-state index in [0.29, 0.717) is 11.7 Å². The summed E-state index contributed by atoms with van der Waals surface area (Å²) >= 11 is 5.94. The van der Waals surface area contributed by atoms with Gasteiger partial charge in [-0.3, -0.25) is 4.98 Å². The van der Waals surface area contributed by atoms with Crippen molar-refractivity contribution in [2.45, 2.75) is 13.5 Å². The van der Waals surface area contributed by atoms with Gasteiger partial charge in [0.1, 0.15) is 16.5 Å². The minimum absolute atomic E-state index is 0.481. The maximum absolute atomic E-state index is 5.94. The minimum Gasteiger partial charge on any atom is -0.308 e. The summed E-state index contributed by atoms with van der Waals surface area (Å²) in [6, 6.07) is 7.59. The van der Waals surface area contributed by atoms with E-state index < -0.39 is 0 Å². The highest BCUT2D eigenvalue weighted by molar-refractivity contribution is 6.29. The van der Waals surface area contributed by atoms with E-state index in [0.717, 1.165) is 22.6 Å². The number of aromatic nitrogens is 4. The zero-order chi connectivity index (χ0) is 12.5. The van der Waals surface area contributed by atoms with Gasteiger partial charge in [-0.25, -0.2) is 9.97 Å². The Morgan fingerprint density at radius 3 is 2.89 bits per heavy atom. The van der Waals surface area contributed by atoms with Crippen molar-refractivity contribution in [2.75, 3.05) is 0 Å². The van der Waals surface area contributed by atoms with Gasteiger partial charge in [-0.1, -0.05) is 17.7 Å². The lowest BCUT2D eigenvalue weighted by Gasteiger charge is -2.05. The molecular formula is C13H11ClN4. The van der Waals surface area contributed by atoms with Crippen molar-refractivity contribution in [3.8, 4) is 0 Å². The van der Waals surface area contributed by atoms with Gasteiger partial charge in [0.15, 0.2) is 5.65 Å². The molecule has 3 aromatic rings. The van der Waals surface area contributed by atoms with Gasteiger partial charge in [-0.05, 0) is 30.7 Å². The monoisotopic (exact) mass is 258 g/mol. The molecule has 0 aliphatic heterocycles. The van der Waals surface area contributed by atoms with E-state index in [1.807, 2.05) is 35.9 Å². The fourth-order valence-electron chi connectivity index (χ4n) is 1.96. The molecule has 0 radical (unpaired) electrons. The predicted molar refractivity (Wildman–Crippen MR) is 70.6 cm³/mol. The van der Waals surface area contributed by atoms with Gasteiger partial charge in [0.05, 0.1) is 6.54 Å². The van der Waals surface area contributed by atoms with Crippen molar-refractivity contribution in [3.05, 3.63) is 53.2 Å². The first-order valence-electron chi connectivity index (χ1n) is 5.62. The second-order valence-electron chi connectivity index (χ2n) is 4.08. The maximum atomic E-state index is 5.94. The van der Waals surface area contributed by atoms with Crippen molar-refractivity contribution < 1.29 is 0 Å². The van der Waals surface area contributed by atoms with Crippen LogP contribution in [0.3, 0.4) is 0 Å². The van der Waals surface area contributed by atoms with E-state index >= 15 is 0 Å². The van der Waals surface area contributed by atoms with Crippen LogP contribution in [0.4, 0.5) is 0 Å². The third-order valence-corrected chi connectivity index (χ3v) is 3.02. The highest BCUT2D eigenvalue weighted by Crippen LogP contribution is 2.18. The number of nitrogens with zero attached hydrogens (tertiary/aromatic N) is 4. The minimum atomic E-state index is 0.481. The normalized spacial score (nSPS) is 11.0. The number of pyridine rings is 2. The molecule has 90 valence electrons. The molecule has 0 spiro atoms. The quantitative estimate of drug-likeness (QED) is 0.664. The van der Waals surface area contributed by atoms with Crippen LogP contribution in [0, 0.1) is 6.92 Å². The standard InChI is InChI=1S/C13H11ClN4/c1-9-16-11-4-5-12(14)17-13(11)18(9)8-10-3-2-6-15-7-10/h2-7H,8H2,1H3.